The molecule has 1 aliphatic carbocycles. The Morgan fingerprint density at radius 1 is 1.29 bits per heavy atom. The van der Waals surface area contributed by atoms with Gasteiger partial charge in [-0.05, 0) is 37.7 Å². The Morgan fingerprint density at radius 3 is 2.75 bits per heavy atom. The smallest absolute Gasteiger partial charge is 0.220 e. The maximum absolute atomic E-state index is 12.1. The van der Waals surface area contributed by atoms with Gasteiger partial charge in [-0.25, -0.2) is 0 Å². The summed E-state index contributed by atoms with van der Waals surface area (Å²) >= 11 is 0. The number of carbonyl (C=O) groups excluding carboxylic acids is 1. The summed E-state index contributed by atoms with van der Waals surface area (Å²) < 4.78 is 0. The Kier molecular flexibility index (Phi) is 6.53. The second-order valence-corrected chi connectivity index (χ2v) is 9.81. The maximum Gasteiger partial charge on any atom is 0.220 e. The largest absolute Gasteiger partial charge is 0.388 e. The van der Waals surface area contributed by atoms with E-state index < -0.39 is 6.10 Å². The average Bonchev–Trinajstić information content (AvgIpc) is 3.23. The molecule has 132 valence electrons. The minimum absolute atomic E-state index is 0.134. The van der Waals surface area contributed by atoms with E-state index in [1.807, 2.05) is 51.9 Å². The van der Waals surface area contributed by atoms with E-state index in [1.165, 1.54) is 18.6 Å². The second-order valence-electron chi connectivity index (χ2n) is 7.03. The zero-order valence-electron chi connectivity index (χ0n) is 14.1. The molecule has 1 amide bonds. The molecule has 3 nitrogen and oxygen atoms in total. The Bertz CT molecular complexity index is 527. The van der Waals surface area contributed by atoms with E-state index in [2.05, 4.69) is 5.32 Å². The zero-order chi connectivity index (χ0) is 16.8. The van der Waals surface area contributed by atoms with Gasteiger partial charge in [-0.3, -0.25) is 4.79 Å². The van der Waals surface area contributed by atoms with Gasteiger partial charge < -0.3 is 10.4 Å². The third-order valence-corrected chi connectivity index (χ3v) is 8.14. The summed E-state index contributed by atoms with van der Waals surface area (Å²) in [6, 6.07) is 9.79. The van der Waals surface area contributed by atoms with Gasteiger partial charge >= 0.3 is 0 Å². The average molecular weight is 366 g/mol. The van der Waals surface area contributed by atoms with E-state index in [-0.39, 0.29) is 11.3 Å². The first-order chi connectivity index (χ1) is 11.7. The third kappa shape index (κ3) is 4.93. The van der Waals surface area contributed by atoms with Crippen molar-refractivity contribution in [3.8, 4) is 0 Å². The first-order valence-electron chi connectivity index (χ1n) is 8.98. The molecule has 1 heterocycles. The highest BCUT2D eigenvalue weighted by Gasteiger charge is 2.49. The van der Waals surface area contributed by atoms with Crippen molar-refractivity contribution < 1.29 is 9.90 Å². The molecule has 1 aromatic carbocycles. The molecule has 0 aromatic heterocycles. The van der Waals surface area contributed by atoms with Crippen LogP contribution >= 0.6 is 21.6 Å². The van der Waals surface area contributed by atoms with Crippen LogP contribution in [0.25, 0.3) is 0 Å². The topological polar surface area (TPSA) is 49.3 Å². The summed E-state index contributed by atoms with van der Waals surface area (Å²) in [6.45, 7) is 0.594. The lowest BCUT2D eigenvalue weighted by molar-refractivity contribution is -0.121. The lowest BCUT2D eigenvalue weighted by atomic mass is 9.92. The normalized spacial score (nSPS) is 23.0. The molecule has 1 aromatic rings. The highest BCUT2D eigenvalue weighted by molar-refractivity contribution is 8.77. The van der Waals surface area contributed by atoms with Crippen LogP contribution in [0.3, 0.4) is 0 Å². The minimum atomic E-state index is -0.476. The molecular formula is C19H27NO2S2. The van der Waals surface area contributed by atoms with Crippen LogP contribution in [-0.4, -0.2) is 28.6 Å². The lowest BCUT2D eigenvalue weighted by Gasteiger charge is -2.23. The number of carbonyl (C=O) groups is 1. The van der Waals surface area contributed by atoms with Crippen LogP contribution in [0.2, 0.25) is 0 Å². The Balaban J connectivity index is 1.35. The SMILES string of the molecule is O=C(CCCC[C@@H]1CCSS1)NCC1([C@@H](O)c2ccccc2)CC1. The monoisotopic (exact) mass is 365 g/mol. The molecule has 2 aliphatic rings. The molecule has 24 heavy (non-hydrogen) atoms. The van der Waals surface area contributed by atoms with Crippen molar-refractivity contribution in [2.75, 3.05) is 12.3 Å². The van der Waals surface area contributed by atoms with Crippen LogP contribution < -0.4 is 5.32 Å². The van der Waals surface area contributed by atoms with Crippen molar-refractivity contribution in [2.45, 2.75) is 56.3 Å². The fourth-order valence-electron chi connectivity index (χ4n) is 3.28. The molecule has 5 heteroatoms. The summed E-state index contributed by atoms with van der Waals surface area (Å²) in [4.78, 5) is 12.1. The molecule has 1 saturated heterocycles. The van der Waals surface area contributed by atoms with E-state index in [0.717, 1.165) is 36.5 Å². The third-order valence-electron chi connectivity index (χ3n) is 5.13. The van der Waals surface area contributed by atoms with Gasteiger partial charge in [0.25, 0.3) is 0 Å². The zero-order valence-corrected chi connectivity index (χ0v) is 15.7. The molecule has 0 bridgehead atoms. The van der Waals surface area contributed by atoms with Crippen LogP contribution in [0.15, 0.2) is 30.3 Å². The molecule has 2 atom stereocenters. The minimum Gasteiger partial charge on any atom is -0.388 e. The fourth-order valence-corrected chi connectivity index (χ4v) is 6.31. The van der Waals surface area contributed by atoms with Gasteiger partial charge in [-0.2, -0.15) is 0 Å². The number of benzene rings is 1. The van der Waals surface area contributed by atoms with E-state index in [4.69, 9.17) is 0 Å². The van der Waals surface area contributed by atoms with Crippen molar-refractivity contribution in [2.24, 2.45) is 5.41 Å². The molecule has 2 N–H and O–H groups in total. The quantitative estimate of drug-likeness (QED) is 0.505. The van der Waals surface area contributed by atoms with Gasteiger partial charge in [0.15, 0.2) is 0 Å². The second kappa shape index (κ2) is 8.63. The molecular weight excluding hydrogens is 338 g/mol. The Morgan fingerprint density at radius 2 is 2.08 bits per heavy atom. The first kappa shape index (κ1) is 18.2. The highest BCUT2D eigenvalue weighted by Crippen LogP contribution is 2.54. The molecule has 2 fully saturated rings. The molecule has 3 rings (SSSR count). The summed E-state index contributed by atoms with van der Waals surface area (Å²) in [6.07, 6.45) is 6.78. The van der Waals surface area contributed by atoms with Crippen molar-refractivity contribution in [3.05, 3.63) is 35.9 Å². The van der Waals surface area contributed by atoms with Crippen LogP contribution in [-0.2, 0) is 4.79 Å². The van der Waals surface area contributed by atoms with Gasteiger partial charge in [0, 0.05) is 29.4 Å². The van der Waals surface area contributed by atoms with Crippen LogP contribution in [0.5, 0.6) is 0 Å². The molecule has 1 saturated carbocycles. The van der Waals surface area contributed by atoms with Crippen molar-refractivity contribution in [1.82, 2.24) is 5.32 Å². The summed E-state index contributed by atoms with van der Waals surface area (Å²) in [7, 11) is 3.99. The number of unbranched alkanes of at least 4 members (excludes halogenated alkanes) is 1. The van der Waals surface area contributed by atoms with E-state index >= 15 is 0 Å². The molecule has 0 radical (unpaired) electrons. The molecule has 0 unspecified atom stereocenters. The number of amides is 1. The van der Waals surface area contributed by atoms with Crippen molar-refractivity contribution in [3.63, 3.8) is 0 Å². The van der Waals surface area contributed by atoms with E-state index in [9.17, 15) is 9.90 Å². The summed E-state index contributed by atoms with van der Waals surface area (Å²) in [5.74, 6) is 1.41. The van der Waals surface area contributed by atoms with Gasteiger partial charge in [-0.15, -0.1) is 0 Å². The predicted molar refractivity (Wildman–Crippen MR) is 103 cm³/mol. The van der Waals surface area contributed by atoms with Crippen molar-refractivity contribution in [1.29, 1.82) is 0 Å². The summed E-state index contributed by atoms with van der Waals surface area (Å²) in [5.41, 5.74) is 0.811. The number of nitrogens with one attached hydrogen (secondary N) is 1. The van der Waals surface area contributed by atoms with Crippen LogP contribution in [0.4, 0.5) is 0 Å². The highest BCUT2D eigenvalue weighted by atomic mass is 33.1. The van der Waals surface area contributed by atoms with Crippen LogP contribution in [0, 0.1) is 5.41 Å². The van der Waals surface area contributed by atoms with Gasteiger partial charge in [0.2, 0.25) is 5.91 Å². The van der Waals surface area contributed by atoms with Crippen LogP contribution in [0.1, 0.15) is 56.6 Å². The number of hydrogen-bond acceptors (Lipinski definition) is 4. The number of hydrogen-bond donors (Lipinski definition) is 2. The van der Waals surface area contributed by atoms with Gasteiger partial charge in [0.05, 0.1) is 6.10 Å². The predicted octanol–water partition coefficient (Wildman–Crippen LogP) is 4.33. The summed E-state index contributed by atoms with van der Waals surface area (Å²) in [5, 5.41) is 14.5. The standard InChI is InChI=1S/C19H27NO2S2/c21-17(9-5-4-8-16-10-13-23-24-16)20-14-19(11-12-19)18(22)15-6-2-1-3-7-15/h1-3,6-7,16,18,22H,4-5,8-14H2,(H,20,21)/t16-,18+/m1/s1. The molecule has 0 spiro atoms. The lowest BCUT2D eigenvalue weighted by Crippen LogP contribution is -2.33. The van der Waals surface area contributed by atoms with E-state index in [0.29, 0.717) is 13.0 Å². The first-order valence-corrected chi connectivity index (χ1v) is 11.4. The van der Waals surface area contributed by atoms with Gasteiger partial charge in [-0.1, -0.05) is 58.3 Å². The number of aliphatic hydroxyl groups excluding tert-OH is 1. The Labute approximate surface area is 152 Å². The number of rotatable bonds is 9. The van der Waals surface area contributed by atoms with Gasteiger partial charge in [0.1, 0.15) is 0 Å². The number of aliphatic hydroxyl groups is 1. The Hall–Kier alpha value is -0.650. The van der Waals surface area contributed by atoms with E-state index in [1.54, 1.807) is 0 Å². The van der Waals surface area contributed by atoms with Crippen molar-refractivity contribution >= 4 is 27.5 Å². The molecule has 1 aliphatic heterocycles. The maximum atomic E-state index is 12.1. The fraction of sp³-hybridized carbons (Fsp3) is 0.632.